The van der Waals surface area contributed by atoms with Gasteiger partial charge in [0.2, 0.25) is 11.6 Å². The molecule has 0 fully saturated rings. The zero-order valence-electron chi connectivity index (χ0n) is 15.3. The Morgan fingerprint density at radius 3 is 2.14 bits per heavy atom. The first kappa shape index (κ1) is 18.1. The number of rotatable bonds is 4. The Kier molecular flexibility index (Phi) is 4.62. The van der Waals surface area contributed by atoms with E-state index in [1.54, 1.807) is 24.3 Å². The van der Waals surface area contributed by atoms with Gasteiger partial charge in [-0.2, -0.15) is 0 Å². The molecule has 9 nitrogen and oxygen atoms in total. The van der Waals surface area contributed by atoms with Crippen molar-refractivity contribution in [3.63, 3.8) is 0 Å². The Bertz CT molecular complexity index is 1130. The van der Waals surface area contributed by atoms with Crippen molar-refractivity contribution < 1.29 is 9.59 Å². The van der Waals surface area contributed by atoms with Gasteiger partial charge in [-0.3, -0.25) is 34.9 Å². The minimum absolute atomic E-state index is 0.0296. The first-order valence-corrected chi connectivity index (χ1v) is 8.75. The van der Waals surface area contributed by atoms with E-state index in [1.807, 2.05) is 36.4 Å². The van der Waals surface area contributed by atoms with Gasteiger partial charge < -0.3 is 0 Å². The number of carbonyl (C=O) groups is 2. The third-order valence-electron chi connectivity index (χ3n) is 4.09. The van der Waals surface area contributed by atoms with Crippen LogP contribution in [0.3, 0.4) is 0 Å². The highest BCUT2D eigenvalue weighted by Gasteiger charge is 2.37. The van der Waals surface area contributed by atoms with Crippen molar-refractivity contribution >= 4 is 46.5 Å². The molecule has 3 aromatic rings. The predicted octanol–water partition coefficient (Wildman–Crippen LogP) is 1.88. The molecular formula is C20H16N6O3+. The van der Waals surface area contributed by atoms with Crippen molar-refractivity contribution in [2.75, 3.05) is 15.5 Å². The van der Waals surface area contributed by atoms with E-state index < -0.39 is 17.4 Å². The molecule has 1 aromatic heterocycles. The number of fused-ring (bicyclic) bond motifs is 1. The smallest absolute Gasteiger partial charge is 0.282 e. The fourth-order valence-corrected chi connectivity index (χ4v) is 2.88. The van der Waals surface area contributed by atoms with Crippen molar-refractivity contribution in [3.05, 3.63) is 71.0 Å². The van der Waals surface area contributed by atoms with Gasteiger partial charge in [-0.15, -0.1) is 0 Å². The number of nitrogens with one attached hydrogen (secondary N) is 3. The van der Waals surface area contributed by atoms with E-state index in [-0.39, 0.29) is 23.3 Å². The molecule has 0 saturated carbocycles. The second kappa shape index (κ2) is 7.39. The number of H-pyrrole nitrogens is 1. The van der Waals surface area contributed by atoms with E-state index in [9.17, 15) is 14.4 Å². The van der Waals surface area contributed by atoms with Gasteiger partial charge in [-0.1, -0.05) is 46.4 Å². The van der Waals surface area contributed by atoms with Crippen LogP contribution in [0.1, 0.15) is 6.92 Å². The third kappa shape index (κ3) is 3.61. The fourth-order valence-electron chi connectivity index (χ4n) is 2.88. The van der Waals surface area contributed by atoms with E-state index in [0.717, 1.165) is 0 Å². The molecule has 1 radical (unpaired) electrons. The van der Waals surface area contributed by atoms with Crippen LogP contribution in [0.15, 0.2) is 65.5 Å². The molecule has 2 aromatic carbocycles. The molecule has 3 N–H and O–H groups in total. The van der Waals surface area contributed by atoms with Crippen LogP contribution in [0.2, 0.25) is 0 Å². The summed E-state index contributed by atoms with van der Waals surface area (Å²) < 4.78 is 0. The second-order valence-corrected chi connectivity index (χ2v) is 6.19. The maximum Gasteiger partial charge on any atom is 0.346 e. The van der Waals surface area contributed by atoms with E-state index in [0.29, 0.717) is 11.4 Å². The highest BCUT2D eigenvalue weighted by molar-refractivity contribution is 6.49. The number of hydrogen-bond acceptors (Lipinski definition) is 6. The Labute approximate surface area is 165 Å². The first-order chi connectivity index (χ1) is 14.0. The number of para-hydroxylation sites is 2. The van der Waals surface area contributed by atoms with E-state index >= 15 is 0 Å². The summed E-state index contributed by atoms with van der Waals surface area (Å²) in [5, 5.41) is 5.14. The number of carbonyl (C=O) groups excluding carboxylic acids is 2. The number of benzene rings is 2. The summed E-state index contributed by atoms with van der Waals surface area (Å²) in [4.78, 5) is 49.0. The lowest BCUT2D eigenvalue weighted by molar-refractivity contribution is -0.114. The average Bonchev–Trinajstić information content (AvgIpc) is 3.14. The van der Waals surface area contributed by atoms with Gasteiger partial charge in [0.25, 0.3) is 11.5 Å². The summed E-state index contributed by atoms with van der Waals surface area (Å²) in [6.45, 7) is 1.29. The lowest BCUT2D eigenvalue weighted by atomic mass is 10.2. The molecule has 2 amide bonds. The average molecular weight is 388 g/mol. The lowest BCUT2D eigenvalue weighted by Gasteiger charge is -2.21. The number of hydrogen-bond donors (Lipinski definition) is 3. The molecule has 1 aliphatic heterocycles. The predicted molar refractivity (Wildman–Crippen MR) is 110 cm³/mol. The topological polar surface area (TPSA) is 121 Å². The van der Waals surface area contributed by atoms with Crippen LogP contribution in [-0.2, 0) is 9.59 Å². The quantitative estimate of drug-likeness (QED) is 0.630. The van der Waals surface area contributed by atoms with Crippen LogP contribution in [0.25, 0.3) is 0 Å². The Morgan fingerprint density at radius 1 is 1.00 bits per heavy atom. The molecule has 0 atom stereocenters. The van der Waals surface area contributed by atoms with Crippen molar-refractivity contribution in [2.24, 2.45) is 0 Å². The molecule has 4 rings (SSSR count). The zero-order valence-corrected chi connectivity index (χ0v) is 15.3. The van der Waals surface area contributed by atoms with E-state index in [1.165, 1.54) is 11.8 Å². The minimum atomic E-state index is -0.545. The minimum Gasteiger partial charge on any atom is -0.282 e. The number of aromatic amines is 1. The molecule has 0 unspecified atom stereocenters. The molecule has 2 heterocycles. The fraction of sp³-hybridized carbons (Fsp3) is 0.0500. The largest absolute Gasteiger partial charge is 0.346 e. The summed E-state index contributed by atoms with van der Waals surface area (Å²) in [6.07, 6.45) is 0. The van der Waals surface area contributed by atoms with Gasteiger partial charge >= 0.3 is 17.6 Å². The molecule has 1 aliphatic rings. The monoisotopic (exact) mass is 388 g/mol. The summed E-state index contributed by atoms with van der Waals surface area (Å²) in [6, 6.07) is 18.2. The van der Waals surface area contributed by atoms with Gasteiger partial charge in [-0.05, 0) is 24.3 Å². The molecular weight excluding hydrogens is 372 g/mol. The van der Waals surface area contributed by atoms with Crippen LogP contribution in [0, 0.1) is 0 Å². The van der Waals surface area contributed by atoms with Crippen LogP contribution < -0.4 is 26.1 Å². The van der Waals surface area contributed by atoms with Crippen molar-refractivity contribution in [3.8, 4) is 0 Å². The Hall–Kier alpha value is -4.27. The Morgan fingerprint density at radius 2 is 1.59 bits per heavy atom. The molecule has 0 aliphatic carbocycles. The van der Waals surface area contributed by atoms with E-state index in [2.05, 4.69) is 25.6 Å². The molecule has 0 bridgehead atoms. The third-order valence-corrected chi connectivity index (χ3v) is 4.09. The van der Waals surface area contributed by atoms with Crippen LogP contribution in [0.5, 0.6) is 0 Å². The molecule has 9 heteroatoms. The summed E-state index contributed by atoms with van der Waals surface area (Å²) in [5.41, 5.74) is 0.787. The van der Waals surface area contributed by atoms with Crippen molar-refractivity contribution in [1.29, 1.82) is 0 Å². The number of nitrogens with zero attached hydrogens (tertiary/aromatic N) is 3. The summed E-state index contributed by atoms with van der Waals surface area (Å²) >= 11 is 0. The van der Waals surface area contributed by atoms with Gasteiger partial charge in [0.15, 0.2) is 0 Å². The zero-order chi connectivity index (χ0) is 20.4. The number of aliphatic imine (C=N–C) groups is 1. The molecule has 0 saturated heterocycles. The molecule has 143 valence electrons. The van der Waals surface area contributed by atoms with E-state index in [4.69, 9.17) is 0 Å². The number of amidine groups is 1. The maximum absolute atomic E-state index is 13.3. The highest BCUT2D eigenvalue weighted by Crippen LogP contribution is 2.27. The van der Waals surface area contributed by atoms with Crippen LogP contribution in [-0.4, -0.2) is 27.6 Å². The van der Waals surface area contributed by atoms with Gasteiger partial charge in [-0.25, -0.2) is 0 Å². The van der Waals surface area contributed by atoms with Gasteiger partial charge in [0.05, 0.1) is 0 Å². The first-order valence-electron chi connectivity index (χ1n) is 8.75. The van der Waals surface area contributed by atoms with Crippen LogP contribution in [0.4, 0.5) is 28.8 Å². The maximum atomic E-state index is 13.3. The summed E-state index contributed by atoms with van der Waals surface area (Å²) in [5.74, 6) is -0.907. The molecule has 0 spiro atoms. The van der Waals surface area contributed by atoms with Crippen LogP contribution >= 0.6 is 0 Å². The molecule has 29 heavy (non-hydrogen) atoms. The Balaban J connectivity index is 1.72. The normalized spacial score (nSPS) is 11.8. The lowest BCUT2D eigenvalue weighted by Crippen LogP contribution is -2.37. The second-order valence-electron chi connectivity index (χ2n) is 6.19. The number of aromatic nitrogens is 2. The highest BCUT2D eigenvalue weighted by atomic mass is 16.2. The number of anilines is 4. The van der Waals surface area contributed by atoms with Gasteiger partial charge in [0, 0.05) is 18.3 Å². The summed E-state index contributed by atoms with van der Waals surface area (Å²) in [7, 11) is 0. The standard InChI is InChI=1S/C20H16N6O3/c1-12(27)21-20-24-16-15(18(28)25-20)22-17(23-16)19(29)26(13-8-4-2-5-9-13)14-10-6-3-7-11-14/h2-11,22H,1H3,(H2,21,24,25,27,28)/q+1. The van der Waals surface area contributed by atoms with Gasteiger partial charge in [0.1, 0.15) is 0 Å². The SMILES string of the molecule is CC(=O)Nc1nc2c(c(=O)[nH]1)NC(C(=O)N(c1ccccc1)c1ccccc1)=[N+]2. The number of amides is 2. The van der Waals surface area contributed by atoms with Crippen molar-refractivity contribution in [2.45, 2.75) is 6.92 Å². The van der Waals surface area contributed by atoms with Crippen molar-refractivity contribution in [1.82, 2.24) is 15.0 Å².